The first-order valence-electron chi connectivity index (χ1n) is 8.00. The summed E-state index contributed by atoms with van der Waals surface area (Å²) >= 11 is 0. The summed E-state index contributed by atoms with van der Waals surface area (Å²) in [5, 5.41) is 12.8. The van der Waals surface area contributed by atoms with Gasteiger partial charge in [0, 0.05) is 24.7 Å². The lowest BCUT2D eigenvalue weighted by atomic mass is 9.79. The van der Waals surface area contributed by atoms with E-state index in [9.17, 15) is 23.1 Å². The molecule has 2 aliphatic rings. The molecule has 1 amide bonds. The van der Waals surface area contributed by atoms with Gasteiger partial charge in [-0.3, -0.25) is 4.79 Å². The molecule has 1 aromatic rings. The van der Waals surface area contributed by atoms with E-state index in [1.165, 1.54) is 6.07 Å². The molecule has 0 aromatic carbocycles. The number of alkyl halides is 3. The molecule has 138 valence electrons. The average molecular weight is 360 g/mol. The number of rotatable bonds is 3. The number of ether oxygens (including phenoxy) is 1. The number of halogens is 3. The van der Waals surface area contributed by atoms with E-state index in [-0.39, 0.29) is 18.2 Å². The summed E-state index contributed by atoms with van der Waals surface area (Å²) in [5.41, 5.74) is -0.423. The molecule has 3 heterocycles. The first-order chi connectivity index (χ1) is 11.7. The van der Waals surface area contributed by atoms with Crippen molar-refractivity contribution in [1.82, 2.24) is 15.3 Å². The van der Waals surface area contributed by atoms with E-state index >= 15 is 0 Å². The van der Waals surface area contributed by atoms with Crippen LogP contribution in [-0.2, 0) is 4.79 Å². The molecule has 0 aliphatic carbocycles. The molecule has 0 bridgehead atoms. The third kappa shape index (κ3) is 4.50. The first kappa shape index (κ1) is 17.7. The summed E-state index contributed by atoms with van der Waals surface area (Å²) < 4.78 is 41.3. The molecule has 25 heavy (non-hydrogen) atoms. The largest absolute Gasteiger partial charge is 0.468 e. The molecule has 1 spiro atoms. The topological polar surface area (TPSA) is 87.6 Å². The number of hydrogen-bond acceptors (Lipinski definition) is 6. The molecule has 2 aliphatic heterocycles. The van der Waals surface area contributed by atoms with E-state index in [1.54, 1.807) is 0 Å². The molecule has 2 fully saturated rings. The minimum atomic E-state index is -4.43. The van der Waals surface area contributed by atoms with Crippen LogP contribution in [0.4, 0.5) is 19.0 Å². The molecule has 3 rings (SSSR count). The Balaban J connectivity index is 1.62. The number of aromatic nitrogens is 2. The Bertz CT molecular complexity index is 633. The molecule has 2 saturated heterocycles. The van der Waals surface area contributed by atoms with Crippen LogP contribution in [0, 0.1) is 0 Å². The molecule has 2 N–H and O–H groups in total. The Morgan fingerprint density at radius 1 is 1.36 bits per heavy atom. The second-order valence-electron chi connectivity index (χ2n) is 6.50. The predicted molar refractivity (Wildman–Crippen MR) is 81.1 cm³/mol. The summed E-state index contributed by atoms with van der Waals surface area (Å²) in [5.74, 6) is 0.186. The normalized spacial score (nSPS) is 23.4. The fraction of sp³-hybridized carbons (Fsp3) is 0.667. The SMILES string of the molecule is O=C1CC(O)CC2(CCN(c3cc(OCC(F)(F)F)ncn3)CC2)N1. The van der Waals surface area contributed by atoms with Crippen LogP contribution in [0.2, 0.25) is 0 Å². The third-order valence-electron chi connectivity index (χ3n) is 4.51. The van der Waals surface area contributed by atoms with E-state index < -0.39 is 24.4 Å². The van der Waals surface area contributed by atoms with Gasteiger partial charge in [-0.2, -0.15) is 13.2 Å². The van der Waals surface area contributed by atoms with Gasteiger partial charge in [0.25, 0.3) is 0 Å². The maximum absolute atomic E-state index is 12.2. The summed E-state index contributed by atoms with van der Waals surface area (Å²) in [6.07, 6.45) is -2.02. The van der Waals surface area contributed by atoms with Crippen LogP contribution in [-0.4, -0.2) is 58.5 Å². The zero-order valence-electron chi connectivity index (χ0n) is 13.4. The van der Waals surface area contributed by atoms with Gasteiger partial charge in [-0.1, -0.05) is 0 Å². The summed E-state index contributed by atoms with van der Waals surface area (Å²) in [7, 11) is 0. The number of hydrogen-bond donors (Lipinski definition) is 2. The quantitative estimate of drug-likeness (QED) is 0.837. The monoisotopic (exact) mass is 360 g/mol. The van der Waals surface area contributed by atoms with Gasteiger partial charge in [0.2, 0.25) is 11.8 Å². The van der Waals surface area contributed by atoms with Gasteiger partial charge >= 0.3 is 6.18 Å². The van der Waals surface area contributed by atoms with Crippen molar-refractivity contribution in [3.05, 3.63) is 12.4 Å². The van der Waals surface area contributed by atoms with Crippen molar-refractivity contribution in [3.8, 4) is 5.88 Å². The fourth-order valence-corrected chi connectivity index (χ4v) is 3.37. The van der Waals surface area contributed by atoms with Crippen molar-refractivity contribution in [2.45, 2.75) is 43.5 Å². The predicted octanol–water partition coefficient (Wildman–Crippen LogP) is 1.03. The zero-order valence-corrected chi connectivity index (χ0v) is 13.4. The molecule has 0 saturated carbocycles. The standard InChI is InChI=1S/C15H19F3N4O3/c16-15(17,18)8-25-13-6-11(19-9-20-13)22-3-1-14(2-4-22)7-10(23)5-12(24)21-14/h6,9-10,23H,1-5,7-8H2,(H,21,24). The van der Waals surface area contributed by atoms with Gasteiger partial charge in [-0.05, 0) is 19.3 Å². The number of amides is 1. The Labute approximate surface area is 142 Å². The van der Waals surface area contributed by atoms with Crippen molar-refractivity contribution in [3.63, 3.8) is 0 Å². The third-order valence-corrected chi connectivity index (χ3v) is 4.51. The van der Waals surface area contributed by atoms with E-state index in [4.69, 9.17) is 0 Å². The van der Waals surface area contributed by atoms with Crippen LogP contribution >= 0.6 is 0 Å². The Kier molecular flexibility index (Phi) is 4.72. The molecule has 10 heteroatoms. The number of nitrogens with zero attached hydrogens (tertiary/aromatic N) is 3. The molecule has 1 atom stereocenters. The number of piperidine rings is 2. The highest BCUT2D eigenvalue weighted by Gasteiger charge is 2.41. The van der Waals surface area contributed by atoms with Crippen molar-refractivity contribution < 1.29 is 27.8 Å². The lowest BCUT2D eigenvalue weighted by molar-refractivity contribution is -0.154. The molecular weight excluding hydrogens is 341 g/mol. The number of aliphatic hydroxyl groups is 1. The van der Waals surface area contributed by atoms with Crippen molar-refractivity contribution >= 4 is 11.7 Å². The number of anilines is 1. The maximum atomic E-state index is 12.2. The second kappa shape index (κ2) is 6.66. The molecule has 0 radical (unpaired) electrons. The van der Waals surface area contributed by atoms with Crippen LogP contribution in [0.3, 0.4) is 0 Å². The minimum Gasteiger partial charge on any atom is -0.468 e. The highest BCUT2D eigenvalue weighted by molar-refractivity contribution is 5.78. The Morgan fingerprint density at radius 3 is 2.72 bits per heavy atom. The van der Waals surface area contributed by atoms with Gasteiger partial charge in [0.05, 0.1) is 12.5 Å². The van der Waals surface area contributed by atoms with Crippen molar-refractivity contribution in [1.29, 1.82) is 0 Å². The summed E-state index contributed by atoms with van der Waals surface area (Å²) in [4.78, 5) is 21.4. The smallest absolute Gasteiger partial charge is 0.422 e. The van der Waals surface area contributed by atoms with Gasteiger partial charge in [-0.25, -0.2) is 9.97 Å². The number of carbonyl (C=O) groups is 1. The van der Waals surface area contributed by atoms with Crippen molar-refractivity contribution in [2.75, 3.05) is 24.6 Å². The van der Waals surface area contributed by atoms with Crippen LogP contribution in [0.15, 0.2) is 12.4 Å². The highest BCUT2D eigenvalue weighted by atomic mass is 19.4. The molecule has 1 unspecified atom stereocenters. The number of aliphatic hydroxyl groups excluding tert-OH is 1. The summed E-state index contributed by atoms with van der Waals surface area (Å²) in [6, 6.07) is 1.37. The van der Waals surface area contributed by atoms with E-state index in [2.05, 4.69) is 20.0 Å². The highest BCUT2D eigenvalue weighted by Crippen LogP contribution is 2.33. The molecule has 1 aromatic heterocycles. The Morgan fingerprint density at radius 2 is 2.08 bits per heavy atom. The van der Waals surface area contributed by atoms with E-state index in [1.807, 2.05) is 4.90 Å². The second-order valence-corrected chi connectivity index (χ2v) is 6.50. The van der Waals surface area contributed by atoms with Gasteiger partial charge in [0.15, 0.2) is 6.61 Å². The van der Waals surface area contributed by atoms with E-state index in [0.717, 1.165) is 6.33 Å². The van der Waals surface area contributed by atoms with Crippen molar-refractivity contribution in [2.24, 2.45) is 0 Å². The van der Waals surface area contributed by atoms with Crippen LogP contribution in [0.1, 0.15) is 25.7 Å². The molecule has 7 nitrogen and oxygen atoms in total. The lowest BCUT2D eigenvalue weighted by Crippen LogP contribution is -2.60. The molecular formula is C15H19F3N4O3. The zero-order chi connectivity index (χ0) is 18.1. The maximum Gasteiger partial charge on any atom is 0.422 e. The van der Waals surface area contributed by atoms with Crippen LogP contribution in [0.25, 0.3) is 0 Å². The van der Waals surface area contributed by atoms with Gasteiger partial charge in [0.1, 0.15) is 12.1 Å². The number of carbonyl (C=O) groups excluding carboxylic acids is 1. The Hall–Kier alpha value is -2.10. The minimum absolute atomic E-state index is 0.122. The average Bonchev–Trinajstić information content (AvgIpc) is 2.52. The lowest BCUT2D eigenvalue weighted by Gasteiger charge is -2.46. The van der Waals surface area contributed by atoms with Crippen LogP contribution in [0.5, 0.6) is 5.88 Å². The van der Waals surface area contributed by atoms with E-state index in [0.29, 0.717) is 38.2 Å². The van der Waals surface area contributed by atoms with Gasteiger partial charge < -0.3 is 20.1 Å². The first-order valence-corrected chi connectivity index (χ1v) is 8.00. The fourth-order valence-electron chi connectivity index (χ4n) is 3.37. The number of nitrogens with one attached hydrogen (secondary N) is 1. The summed E-state index contributed by atoms with van der Waals surface area (Å²) in [6.45, 7) is -0.290. The van der Waals surface area contributed by atoms with Crippen LogP contribution < -0.4 is 15.0 Å². The van der Waals surface area contributed by atoms with Gasteiger partial charge in [-0.15, -0.1) is 0 Å².